The van der Waals surface area contributed by atoms with E-state index in [9.17, 15) is 4.79 Å². The Hall–Kier alpha value is -3.17. The second-order valence-corrected chi connectivity index (χ2v) is 7.87. The summed E-state index contributed by atoms with van der Waals surface area (Å²) in [6.45, 7) is 4.52. The normalized spacial score (nSPS) is 19.4. The quantitative estimate of drug-likeness (QED) is 0.576. The first kappa shape index (κ1) is 19.8. The predicted molar refractivity (Wildman–Crippen MR) is 120 cm³/mol. The van der Waals surface area contributed by atoms with Gasteiger partial charge in [0.05, 0.1) is 18.9 Å². The van der Waals surface area contributed by atoms with Gasteiger partial charge in [0.15, 0.2) is 0 Å². The van der Waals surface area contributed by atoms with Crippen LogP contribution in [0.2, 0.25) is 0 Å². The maximum Gasteiger partial charge on any atom is 0.263 e. The second-order valence-electron chi connectivity index (χ2n) is 7.87. The van der Waals surface area contributed by atoms with Crippen molar-refractivity contribution in [2.45, 2.75) is 18.9 Å². The number of pyridine rings is 1. The average molecular weight is 422 g/mol. The molecule has 2 saturated heterocycles. The Morgan fingerprint density at radius 3 is 2.71 bits per heavy atom. The minimum Gasteiger partial charge on any atom is -0.378 e. The van der Waals surface area contributed by atoms with Gasteiger partial charge in [-0.05, 0) is 43.7 Å². The number of anilines is 2. The van der Waals surface area contributed by atoms with Crippen LogP contribution in [0.4, 0.5) is 11.8 Å². The second kappa shape index (κ2) is 8.91. The lowest BCUT2D eigenvalue weighted by molar-refractivity contribution is 0.122. The molecule has 0 aromatic carbocycles. The molecule has 2 aliphatic heterocycles. The maximum absolute atomic E-state index is 13.3. The minimum atomic E-state index is -0.195. The number of morpholine rings is 1. The number of nitrogens with zero attached hydrogens (tertiary/aromatic N) is 4. The fraction of sp³-hybridized carbons (Fsp3) is 0.409. The van der Waals surface area contributed by atoms with E-state index in [0.29, 0.717) is 49.3 Å². The van der Waals surface area contributed by atoms with Crippen molar-refractivity contribution in [1.82, 2.24) is 24.8 Å². The van der Waals surface area contributed by atoms with Crippen molar-refractivity contribution in [2.24, 2.45) is 0 Å². The number of aromatic nitrogens is 4. The van der Waals surface area contributed by atoms with Gasteiger partial charge in [0.2, 0.25) is 5.95 Å². The SMILES string of the molecule is O=c1[nH]c(N2CCOCC2)nc(NC2CCCNC2)c1-c1cccc(-n2cccc2)n1. The fourth-order valence-electron chi connectivity index (χ4n) is 4.09. The van der Waals surface area contributed by atoms with E-state index in [1.807, 2.05) is 47.3 Å². The molecule has 0 amide bonds. The van der Waals surface area contributed by atoms with Gasteiger partial charge in [-0.2, -0.15) is 4.98 Å². The molecule has 1 unspecified atom stereocenters. The van der Waals surface area contributed by atoms with Crippen LogP contribution in [0.25, 0.3) is 17.1 Å². The molecular formula is C22H27N7O2. The van der Waals surface area contributed by atoms with Gasteiger partial charge in [0, 0.05) is 38.1 Å². The van der Waals surface area contributed by atoms with E-state index in [1.54, 1.807) is 0 Å². The zero-order valence-electron chi connectivity index (χ0n) is 17.4. The first-order chi connectivity index (χ1) is 15.3. The minimum absolute atomic E-state index is 0.195. The molecule has 0 bridgehead atoms. The molecular weight excluding hydrogens is 394 g/mol. The molecule has 162 valence electrons. The largest absolute Gasteiger partial charge is 0.378 e. The van der Waals surface area contributed by atoms with E-state index in [2.05, 4.69) is 20.5 Å². The summed E-state index contributed by atoms with van der Waals surface area (Å²) in [4.78, 5) is 27.9. The highest BCUT2D eigenvalue weighted by molar-refractivity contribution is 5.73. The van der Waals surface area contributed by atoms with E-state index >= 15 is 0 Å². The van der Waals surface area contributed by atoms with Crippen LogP contribution in [0, 0.1) is 0 Å². The lowest BCUT2D eigenvalue weighted by Gasteiger charge is -2.29. The van der Waals surface area contributed by atoms with Crippen molar-refractivity contribution in [1.29, 1.82) is 0 Å². The number of H-pyrrole nitrogens is 1. The standard InChI is InChI=1S/C22H27N7O2/c30-21-19(17-6-3-7-18(25-17)28-9-1-2-10-28)20(24-16-5-4-8-23-15-16)26-22(27-21)29-11-13-31-14-12-29/h1-3,6-7,9-10,16,23H,4-5,8,11-15H2,(H2,24,26,27,30). The topological polar surface area (TPSA) is 100 Å². The highest BCUT2D eigenvalue weighted by Crippen LogP contribution is 2.25. The molecule has 3 aromatic rings. The molecule has 0 spiro atoms. The Labute approximate surface area is 180 Å². The van der Waals surface area contributed by atoms with Crippen LogP contribution >= 0.6 is 0 Å². The Bertz CT molecular complexity index is 1070. The Morgan fingerprint density at radius 1 is 1.10 bits per heavy atom. The van der Waals surface area contributed by atoms with Crippen LogP contribution in [-0.2, 0) is 4.74 Å². The lowest BCUT2D eigenvalue weighted by Crippen LogP contribution is -2.40. The molecule has 5 heterocycles. The van der Waals surface area contributed by atoms with Crippen molar-refractivity contribution in [3.8, 4) is 17.1 Å². The van der Waals surface area contributed by atoms with E-state index in [4.69, 9.17) is 14.7 Å². The van der Waals surface area contributed by atoms with Gasteiger partial charge in [0.25, 0.3) is 5.56 Å². The summed E-state index contributed by atoms with van der Waals surface area (Å²) in [5.41, 5.74) is 0.872. The number of ether oxygens (including phenoxy) is 1. The molecule has 3 aromatic heterocycles. The fourth-order valence-corrected chi connectivity index (χ4v) is 4.09. The van der Waals surface area contributed by atoms with E-state index < -0.39 is 0 Å². The number of hydrogen-bond donors (Lipinski definition) is 3. The third kappa shape index (κ3) is 4.33. The van der Waals surface area contributed by atoms with Crippen LogP contribution in [0.3, 0.4) is 0 Å². The molecule has 0 aliphatic carbocycles. The zero-order valence-corrected chi connectivity index (χ0v) is 17.4. The summed E-state index contributed by atoms with van der Waals surface area (Å²) < 4.78 is 7.37. The monoisotopic (exact) mass is 421 g/mol. The number of aromatic amines is 1. The van der Waals surface area contributed by atoms with Crippen LogP contribution in [0.1, 0.15) is 12.8 Å². The summed E-state index contributed by atoms with van der Waals surface area (Å²) in [6, 6.07) is 9.81. The summed E-state index contributed by atoms with van der Waals surface area (Å²) in [5.74, 6) is 1.91. The molecule has 5 rings (SSSR count). The van der Waals surface area contributed by atoms with Crippen molar-refractivity contribution in [2.75, 3.05) is 49.6 Å². The molecule has 0 saturated carbocycles. The van der Waals surface area contributed by atoms with E-state index in [-0.39, 0.29) is 11.6 Å². The van der Waals surface area contributed by atoms with Crippen LogP contribution < -0.4 is 21.1 Å². The first-order valence-corrected chi connectivity index (χ1v) is 10.8. The van der Waals surface area contributed by atoms with Gasteiger partial charge in [-0.15, -0.1) is 0 Å². The Balaban J connectivity index is 1.56. The lowest BCUT2D eigenvalue weighted by atomic mass is 10.1. The van der Waals surface area contributed by atoms with Gasteiger partial charge >= 0.3 is 0 Å². The summed E-state index contributed by atoms with van der Waals surface area (Å²) in [5, 5.41) is 6.94. The maximum atomic E-state index is 13.3. The zero-order chi connectivity index (χ0) is 21.0. The number of hydrogen-bond acceptors (Lipinski definition) is 7. The van der Waals surface area contributed by atoms with Crippen molar-refractivity contribution >= 4 is 11.8 Å². The van der Waals surface area contributed by atoms with Gasteiger partial charge in [-0.3, -0.25) is 9.78 Å². The molecule has 9 nitrogen and oxygen atoms in total. The molecule has 0 radical (unpaired) electrons. The summed E-state index contributed by atoms with van der Waals surface area (Å²) in [7, 11) is 0. The van der Waals surface area contributed by atoms with Crippen molar-refractivity contribution in [3.05, 3.63) is 53.1 Å². The van der Waals surface area contributed by atoms with Crippen molar-refractivity contribution in [3.63, 3.8) is 0 Å². The first-order valence-electron chi connectivity index (χ1n) is 10.8. The highest BCUT2D eigenvalue weighted by Gasteiger charge is 2.22. The van der Waals surface area contributed by atoms with Crippen LogP contribution in [0.15, 0.2) is 47.5 Å². The van der Waals surface area contributed by atoms with Crippen LogP contribution in [-0.4, -0.2) is 65.0 Å². The Morgan fingerprint density at radius 2 is 1.94 bits per heavy atom. The Kier molecular flexibility index (Phi) is 5.68. The number of piperidine rings is 1. The molecule has 3 N–H and O–H groups in total. The molecule has 9 heteroatoms. The van der Waals surface area contributed by atoms with Crippen molar-refractivity contribution < 1.29 is 4.74 Å². The molecule has 2 aliphatic rings. The van der Waals surface area contributed by atoms with E-state index in [0.717, 1.165) is 31.7 Å². The van der Waals surface area contributed by atoms with Gasteiger partial charge in [0.1, 0.15) is 17.2 Å². The van der Waals surface area contributed by atoms with Gasteiger partial charge < -0.3 is 24.8 Å². The molecule has 31 heavy (non-hydrogen) atoms. The third-order valence-corrected chi connectivity index (χ3v) is 5.71. The number of nitrogens with one attached hydrogen (secondary N) is 3. The summed E-state index contributed by atoms with van der Waals surface area (Å²) in [6.07, 6.45) is 5.99. The summed E-state index contributed by atoms with van der Waals surface area (Å²) >= 11 is 0. The highest BCUT2D eigenvalue weighted by atomic mass is 16.5. The van der Waals surface area contributed by atoms with E-state index in [1.165, 1.54) is 0 Å². The predicted octanol–water partition coefficient (Wildman–Crippen LogP) is 1.62. The van der Waals surface area contributed by atoms with Crippen LogP contribution in [0.5, 0.6) is 0 Å². The van der Waals surface area contributed by atoms with Gasteiger partial charge in [-0.1, -0.05) is 6.07 Å². The number of rotatable bonds is 5. The third-order valence-electron chi connectivity index (χ3n) is 5.71. The average Bonchev–Trinajstić information content (AvgIpc) is 3.35. The smallest absolute Gasteiger partial charge is 0.263 e. The molecule has 1 atom stereocenters. The van der Waals surface area contributed by atoms with Gasteiger partial charge in [-0.25, -0.2) is 4.98 Å². The molecule has 2 fully saturated rings.